The topological polar surface area (TPSA) is 61.9 Å². The first kappa shape index (κ1) is 17.3. The number of para-hydroxylation sites is 2. The third-order valence-electron chi connectivity index (χ3n) is 5.12. The van der Waals surface area contributed by atoms with Crippen LogP contribution in [0.3, 0.4) is 0 Å². The second-order valence-corrected chi connectivity index (χ2v) is 9.12. The number of nitrogens with zero attached hydrogens (tertiary/aromatic N) is 2. The van der Waals surface area contributed by atoms with Crippen molar-refractivity contribution in [3.63, 3.8) is 0 Å². The Hall–Kier alpha value is -2.09. The summed E-state index contributed by atoms with van der Waals surface area (Å²) < 4.78 is 33.5. The number of benzene rings is 2. The van der Waals surface area contributed by atoms with Gasteiger partial charge in [0.25, 0.3) is 0 Å². The fourth-order valence-electron chi connectivity index (χ4n) is 3.35. The molecule has 2 heterocycles. The second kappa shape index (κ2) is 6.57. The van der Waals surface area contributed by atoms with Crippen molar-refractivity contribution in [3.8, 4) is 11.5 Å². The Labute approximate surface area is 154 Å². The van der Waals surface area contributed by atoms with E-state index in [9.17, 15) is 8.42 Å². The Morgan fingerprint density at radius 1 is 1.00 bits per heavy atom. The first-order valence-corrected chi connectivity index (χ1v) is 10.3. The largest absolute Gasteiger partial charge is 0.453 e. The van der Waals surface area contributed by atoms with Gasteiger partial charge in [-0.3, -0.25) is 0 Å². The molecule has 2 aromatic carbocycles. The second-order valence-electron chi connectivity index (χ2n) is 6.87. The number of fused-ring (bicyclic) bond motifs is 2. The Bertz CT molecular complexity index is 921. The summed E-state index contributed by atoms with van der Waals surface area (Å²) in [7, 11) is -1.37. The Morgan fingerprint density at radius 2 is 1.69 bits per heavy atom. The van der Waals surface area contributed by atoms with E-state index in [0.29, 0.717) is 18.8 Å². The van der Waals surface area contributed by atoms with Crippen LogP contribution in [-0.4, -0.2) is 50.8 Å². The van der Waals surface area contributed by atoms with E-state index in [4.69, 9.17) is 4.74 Å². The van der Waals surface area contributed by atoms with Crippen molar-refractivity contribution >= 4 is 21.4 Å². The van der Waals surface area contributed by atoms with Crippen molar-refractivity contribution in [1.82, 2.24) is 9.21 Å². The summed E-state index contributed by atoms with van der Waals surface area (Å²) in [5, 5.41) is 2.73. The maximum atomic E-state index is 13.0. The summed E-state index contributed by atoms with van der Waals surface area (Å²) in [6, 6.07) is 13.3. The van der Waals surface area contributed by atoms with Crippen LogP contribution in [0.2, 0.25) is 0 Å². The summed E-state index contributed by atoms with van der Waals surface area (Å²) >= 11 is 0. The molecule has 2 aliphatic rings. The Kier molecular flexibility index (Phi) is 4.38. The lowest BCUT2D eigenvalue weighted by Gasteiger charge is -2.33. The lowest BCUT2D eigenvalue weighted by molar-refractivity contribution is 0.221. The van der Waals surface area contributed by atoms with Crippen molar-refractivity contribution in [2.45, 2.75) is 12.2 Å². The molecule has 2 aliphatic heterocycles. The maximum absolute atomic E-state index is 13.0. The van der Waals surface area contributed by atoms with Crippen LogP contribution in [0.15, 0.2) is 42.5 Å². The quantitative estimate of drug-likeness (QED) is 0.764. The molecule has 1 saturated heterocycles. The molecular formula is C19H23N3O3S. The summed E-state index contributed by atoms with van der Waals surface area (Å²) in [5.41, 5.74) is 2.44. The zero-order valence-electron chi connectivity index (χ0n) is 15.0. The molecule has 4 rings (SSSR count). The van der Waals surface area contributed by atoms with Gasteiger partial charge in [0.2, 0.25) is 10.0 Å². The third-order valence-corrected chi connectivity index (χ3v) is 7.37. The van der Waals surface area contributed by atoms with Crippen LogP contribution in [0.4, 0.5) is 11.4 Å². The first-order valence-electron chi connectivity index (χ1n) is 8.80. The monoisotopic (exact) mass is 373 g/mol. The summed E-state index contributed by atoms with van der Waals surface area (Å²) in [6.45, 7) is 4.38. The highest BCUT2D eigenvalue weighted by atomic mass is 32.2. The van der Waals surface area contributed by atoms with Gasteiger partial charge < -0.3 is 15.0 Å². The van der Waals surface area contributed by atoms with Crippen LogP contribution in [0.5, 0.6) is 11.5 Å². The lowest BCUT2D eigenvalue weighted by Crippen LogP contribution is -2.48. The fourth-order valence-corrected chi connectivity index (χ4v) is 4.96. The lowest BCUT2D eigenvalue weighted by atomic mass is 10.1. The highest BCUT2D eigenvalue weighted by Crippen LogP contribution is 2.43. The molecule has 0 saturated carbocycles. The van der Waals surface area contributed by atoms with E-state index in [1.807, 2.05) is 49.5 Å². The average Bonchev–Trinajstić information content (AvgIpc) is 2.65. The van der Waals surface area contributed by atoms with Gasteiger partial charge in [-0.2, -0.15) is 4.31 Å². The molecule has 2 aromatic rings. The molecule has 6 nitrogen and oxygen atoms in total. The van der Waals surface area contributed by atoms with Crippen LogP contribution in [0.1, 0.15) is 17.7 Å². The molecule has 7 heteroatoms. The molecule has 0 radical (unpaired) electrons. The van der Waals surface area contributed by atoms with Crippen LogP contribution < -0.4 is 10.1 Å². The van der Waals surface area contributed by atoms with E-state index in [2.05, 4.69) is 10.2 Å². The van der Waals surface area contributed by atoms with Crippen molar-refractivity contribution in [3.05, 3.63) is 48.0 Å². The van der Waals surface area contributed by atoms with Crippen molar-refractivity contribution in [2.75, 3.05) is 38.5 Å². The van der Waals surface area contributed by atoms with E-state index in [1.165, 1.54) is 0 Å². The van der Waals surface area contributed by atoms with Gasteiger partial charge >= 0.3 is 0 Å². The third kappa shape index (κ3) is 3.06. The molecular weight excluding hydrogens is 350 g/mol. The molecule has 0 aliphatic carbocycles. The van der Waals surface area contributed by atoms with Gasteiger partial charge in [-0.25, -0.2) is 8.42 Å². The van der Waals surface area contributed by atoms with Gasteiger partial charge in [-0.05, 0) is 43.8 Å². The van der Waals surface area contributed by atoms with Crippen LogP contribution in [0, 0.1) is 0 Å². The van der Waals surface area contributed by atoms with Gasteiger partial charge in [-0.15, -0.1) is 0 Å². The van der Waals surface area contributed by atoms with Gasteiger partial charge in [0.1, 0.15) is 0 Å². The highest BCUT2D eigenvalue weighted by Gasteiger charge is 2.32. The van der Waals surface area contributed by atoms with Gasteiger partial charge in [0.15, 0.2) is 11.5 Å². The molecule has 26 heavy (non-hydrogen) atoms. The van der Waals surface area contributed by atoms with E-state index < -0.39 is 15.3 Å². The molecule has 1 atom stereocenters. The summed E-state index contributed by atoms with van der Waals surface area (Å²) in [5.74, 6) is 1.47. The number of likely N-dealkylation sites (N-methyl/N-ethyl adjacent to an activating group) is 1. The zero-order chi connectivity index (χ0) is 18.3. The number of sulfonamides is 1. The SMILES string of the molecule is CC(c1ccc2c(c1)Nc1ccccc1O2)S(=O)(=O)N1CCN(C)CC1. The molecule has 138 valence electrons. The zero-order valence-corrected chi connectivity index (χ0v) is 15.8. The standard InChI is InChI=1S/C19H23N3O3S/c1-14(26(23,24)22-11-9-21(2)10-12-22)15-7-8-19-17(13-15)20-16-5-3-4-6-18(16)25-19/h3-8,13-14,20H,9-12H2,1-2H3. The number of rotatable bonds is 3. The smallest absolute Gasteiger partial charge is 0.220 e. The number of piperazine rings is 1. The molecule has 0 bridgehead atoms. The number of ether oxygens (including phenoxy) is 1. The average molecular weight is 373 g/mol. The number of hydrogen-bond acceptors (Lipinski definition) is 5. The number of nitrogens with one attached hydrogen (secondary N) is 1. The maximum Gasteiger partial charge on any atom is 0.220 e. The van der Waals surface area contributed by atoms with Gasteiger partial charge in [-0.1, -0.05) is 18.2 Å². The fraction of sp³-hybridized carbons (Fsp3) is 0.368. The molecule has 0 spiro atoms. The Morgan fingerprint density at radius 3 is 2.46 bits per heavy atom. The van der Waals surface area contributed by atoms with E-state index in [1.54, 1.807) is 11.2 Å². The summed E-state index contributed by atoms with van der Waals surface area (Å²) in [6.07, 6.45) is 0. The number of hydrogen-bond donors (Lipinski definition) is 1. The van der Waals surface area contributed by atoms with Crippen LogP contribution in [0.25, 0.3) is 0 Å². The first-order chi connectivity index (χ1) is 12.4. The minimum atomic E-state index is -3.39. The van der Waals surface area contributed by atoms with E-state index in [-0.39, 0.29) is 0 Å². The van der Waals surface area contributed by atoms with Crippen molar-refractivity contribution in [1.29, 1.82) is 0 Å². The van der Waals surface area contributed by atoms with Crippen LogP contribution >= 0.6 is 0 Å². The van der Waals surface area contributed by atoms with Gasteiger partial charge in [0, 0.05) is 26.2 Å². The summed E-state index contributed by atoms with van der Waals surface area (Å²) in [4.78, 5) is 2.15. The Balaban J connectivity index is 1.59. The van der Waals surface area contributed by atoms with Crippen LogP contribution in [-0.2, 0) is 10.0 Å². The predicted octanol–water partition coefficient (Wildman–Crippen LogP) is 3.17. The van der Waals surface area contributed by atoms with Crippen molar-refractivity contribution in [2.24, 2.45) is 0 Å². The van der Waals surface area contributed by atoms with Gasteiger partial charge in [0.05, 0.1) is 16.6 Å². The molecule has 1 fully saturated rings. The molecule has 0 aromatic heterocycles. The van der Waals surface area contributed by atoms with Crippen molar-refractivity contribution < 1.29 is 13.2 Å². The van der Waals surface area contributed by atoms with E-state index in [0.717, 1.165) is 35.8 Å². The normalized spacial score (nSPS) is 19.0. The molecule has 1 N–H and O–H groups in total. The number of anilines is 2. The minimum absolute atomic E-state index is 0.544. The predicted molar refractivity (Wildman–Crippen MR) is 103 cm³/mol. The minimum Gasteiger partial charge on any atom is -0.453 e. The van der Waals surface area contributed by atoms with E-state index >= 15 is 0 Å². The molecule has 0 amide bonds. The highest BCUT2D eigenvalue weighted by molar-refractivity contribution is 7.89. The molecule has 1 unspecified atom stereocenters.